The summed E-state index contributed by atoms with van der Waals surface area (Å²) in [6, 6.07) is 7.17. The predicted octanol–water partition coefficient (Wildman–Crippen LogP) is 1.30. The van der Waals surface area contributed by atoms with Gasteiger partial charge in [0.15, 0.2) is 0 Å². The van der Waals surface area contributed by atoms with E-state index in [4.69, 9.17) is 9.47 Å². The highest BCUT2D eigenvalue weighted by Crippen LogP contribution is 2.21. The minimum absolute atomic E-state index is 0.0546. The van der Waals surface area contributed by atoms with Crippen molar-refractivity contribution in [3.8, 4) is 5.75 Å². The van der Waals surface area contributed by atoms with E-state index in [2.05, 4.69) is 0 Å². The third-order valence-corrected chi connectivity index (χ3v) is 5.17. The van der Waals surface area contributed by atoms with Crippen LogP contribution in [0.5, 0.6) is 5.75 Å². The Morgan fingerprint density at radius 2 is 1.74 bits per heavy atom. The quantitative estimate of drug-likeness (QED) is 0.810. The van der Waals surface area contributed by atoms with Crippen molar-refractivity contribution < 1.29 is 24.2 Å². The molecule has 1 aromatic rings. The molecule has 0 radical (unpaired) electrons. The van der Waals surface area contributed by atoms with Gasteiger partial charge in [-0.2, -0.15) is 0 Å². The van der Waals surface area contributed by atoms with Gasteiger partial charge in [-0.05, 0) is 30.7 Å². The number of aliphatic hydroxyl groups excluding tert-OH is 1. The SMILES string of the molecule is COCCC(=O)N1CCC(Oc2ccc(C(=O)N3CCC(O)C3)cc2)CC1. The Morgan fingerprint density at radius 1 is 1.07 bits per heavy atom. The van der Waals surface area contributed by atoms with Crippen LogP contribution < -0.4 is 4.74 Å². The molecule has 1 unspecified atom stereocenters. The Morgan fingerprint density at radius 3 is 2.33 bits per heavy atom. The summed E-state index contributed by atoms with van der Waals surface area (Å²) in [5.74, 6) is 0.809. The molecule has 1 N–H and O–H groups in total. The van der Waals surface area contributed by atoms with Crippen molar-refractivity contribution in [3.63, 3.8) is 0 Å². The monoisotopic (exact) mass is 376 g/mol. The third-order valence-electron chi connectivity index (χ3n) is 5.17. The average molecular weight is 376 g/mol. The molecule has 1 atom stereocenters. The summed E-state index contributed by atoms with van der Waals surface area (Å²) in [7, 11) is 1.60. The summed E-state index contributed by atoms with van der Waals surface area (Å²) in [4.78, 5) is 27.9. The molecule has 2 amide bonds. The third kappa shape index (κ3) is 5.20. The number of ether oxygens (including phenoxy) is 2. The number of rotatable bonds is 6. The van der Waals surface area contributed by atoms with Crippen LogP contribution in [0.1, 0.15) is 36.0 Å². The van der Waals surface area contributed by atoms with Crippen LogP contribution in [0.4, 0.5) is 0 Å². The van der Waals surface area contributed by atoms with Crippen molar-refractivity contribution in [1.82, 2.24) is 9.80 Å². The van der Waals surface area contributed by atoms with Gasteiger partial charge < -0.3 is 24.4 Å². The maximum absolute atomic E-state index is 12.4. The minimum Gasteiger partial charge on any atom is -0.490 e. The summed E-state index contributed by atoms with van der Waals surface area (Å²) in [5.41, 5.74) is 0.606. The summed E-state index contributed by atoms with van der Waals surface area (Å²) < 4.78 is 11.0. The fraction of sp³-hybridized carbons (Fsp3) is 0.600. The van der Waals surface area contributed by atoms with E-state index in [1.807, 2.05) is 17.0 Å². The number of carbonyl (C=O) groups excluding carboxylic acids is 2. The number of benzene rings is 1. The molecule has 0 aromatic heterocycles. The fourth-order valence-electron chi connectivity index (χ4n) is 3.55. The molecule has 148 valence electrons. The van der Waals surface area contributed by atoms with Crippen LogP contribution in [0.25, 0.3) is 0 Å². The van der Waals surface area contributed by atoms with Gasteiger partial charge in [-0.3, -0.25) is 9.59 Å². The molecule has 1 aromatic carbocycles. The number of hydrogen-bond acceptors (Lipinski definition) is 5. The number of methoxy groups -OCH3 is 1. The normalized spacial score (nSPS) is 20.7. The van der Waals surface area contributed by atoms with Crippen molar-refractivity contribution in [3.05, 3.63) is 29.8 Å². The molecule has 27 heavy (non-hydrogen) atoms. The van der Waals surface area contributed by atoms with Crippen LogP contribution in [0.15, 0.2) is 24.3 Å². The topological polar surface area (TPSA) is 79.3 Å². The van der Waals surface area contributed by atoms with E-state index in [1.54, 1.807) is 24.1 Å². The zero-order valence-corrected chi connectivity index (χ0v) is 15.8. The molecule has 7 heteroatoms. The molecule has 2 aliphatic rings. The van der Waals surface area contributed by atoms with E-state index in [1.165, 1.54) is 0 Å². The van der Waals surface area contributed by atoms with Crippen LogP contribution in [0.2, 0.25) is 0 Å². The second-order valence-electron chi connectivity index (χ2n) is 7.16. The number of aliphatic hydroxyl groups is 1. The Bertz CT molecular complexity index is 640. The second kappa shape index (κ2) is 9.19. The molecule has 7 nitrogen and oxygen atoms in total. The smallest absolute Gasteiger partial charge is 0.253 e. The van der Waals surface area contributed by atoms with Crippen LogP contribution in [0, 0.1) is 0 Å². The van der Waals surface area contributed by atoms with Gasteiger partial charge in [0.1, 0.15) is 11.9 Å². The Balaban J connectivity index is 1.46. The van der Waals surface area contributed by atoms with Crippen molar-refractivity contribution >= 4 is 11.8 Å². The number of hydrogen-bond donors (Lipinski definition) is 1. The van der Waals surface area contributed by atoms with Crippen LogP contribution in [-0.4, -0.2) is 78.8 Å². The van der Waals surface area contributed by atoms with E-state index < -0.39 is 6.10 Å². The molecule has 3 rings (SSSR count). The molecule has 2 saturated heterocycles. The van der Waals surface area contributed by atoms with Crippen LogP contribution in [-0.2, 0) is 9.53 Å². The number of β-amino-alcohol motifs (C(OH)–C–C–N with tert-alkyl or cyclic N) is 1. The maximum atomic E-state index is 12.4. The van der Waals surface area contributed by atoms with E-state index in [0.717, 1.165) is 18.6 Å². The van der Waals surface area contributed by atoms with Gasteiger partial charge >= 0.3 is 0 Å². The van der Waals surface area contributed by atoms with Crippen molar-refractivity contribution in [2.24, 2.45) is 0 Å². The molecule has 0 spiro atoms. The van der Waals surface area contributed by atoms with E-state index in [9.17, 15) is 14.7 Å². The zero-order chi connectivity index (χ0) is 19.2. The molecular weight excluding hydrogens is 348 g/mol. The highest BCUT2D eigenvalue weighted by atomic mass is 16.5. The van der Waals surface area contributed by atoms with Gasteiger partial charge in [0.25, 0.3) is 5.91 Å². The minimum atomic E-state index is -0.413. The second-order valence-corrected chi connectivity index (χ2v) is 7.16. The van der Waals surface area contributed by atoms with Crippen molar-refractivity contribution in [1.29, 1.82) is 0 Å². The maximum Gasteiger partial charge on any atom is 0.253 e. The summed E-state index contributed by atoms with van der Waals surface area (Å²) in [5, 5.41) is 9.57. The van der Waals surface area contributed by atoms with Crippen LogP contribution >= 0.6 is 0 Å². The number of likely N-dealkylation sites (tertiary alicyclic amines) is 2. The summed E-state index contributed by atoms with van der Waals surface area (Å²) in [6.45, 7) is 2.84. The number of amides is 2. The average Bonchev–Trinajstić information content (AvgIpc) is 3.13. The van der Waals surface area contributed by atoms with Gasteiger partial charge in [-0.25, -0.2) is 0 Å². The first-order valence-electron chi connectivity index (χ1n) is 9.57. The van der Waals surface area contributed by atoms with E-state index in [0.29, 0.717) is 51.2 Å². The summed E-state index contributed by atoms with van der Waals surface area (Å²) >= 11 is 0. The molecule has 2 heterocycles. The number of nitrogens with zero attached hydrogens (tertiary/aromatic N) is 2. The lowest BCUT2D eigenvalue weighted by Gasteiger charge is -2.32. The van der Waals surface area contributed by atoms with Gasteiger partial charge in [-0.1, -0.05) is 0 Å². The first kappa shape index (κ1) is 19.6. The van der Waals surface area contributed by atoms with Crippen molar-refractivity contribution in [2.45, 2.75) is 37.9 Å². The Labute approximate surface area is 159 Å². The lowest BCUT2D eigenvalue weighted by Crippen LogP contribution is -2.42. The van der Waals surface area contributed by atoms with Gasteiger partial charge in [0, 0.05) is 51.7 Å². The summed E-state index contributed by atoms with van der Waals surface area (Å²) in [6.07, 6.45) is 2.32. The van der Waals surface area contributed by atoms with E-state index in [-0.39, 0.29) is 17.9 Å². The molecule has 0 aliphatic carbocycles. The molecule has 0 saturated carbocycles. The number of carbonyl (C=O) groups is 2. The first-order valence-corrected chi connectivity index (χ1v) is 9.57. The highest BCUT2D eigenvalue weighted by Gasteiger charge is 2.26. The molecule has 0 bridgehead atoms. The van der Waals surface area contributed by atoms with Gasteiger partial charge in [-0.15, -0.1) is 0 Å². The predicted molar refractivity (Wildman–Crippen MR) is 99.7 cm³/mol. The standard InChI is InChI=1S/C20H28N2O5/c1-26-13-9-19(24)21-11-7-18(8-12-21)27-17-4-2-15(3-5-17)20(25)22-10-6-16(23)14-22/h2-5,16,18,23H,6-14H2,1H3. The highest BCUT2D eigenvalue weighted by molar-refractivity contribution is 5.94. The fourth-order valence-corrected chi connectivity index (χ4v) is 3.55. The molecular formula is C20H28N2O5. The Kier molecular flexibility index (Phi) is 6.68. The largest absolute Gasteiger partial charge is 0.490 e. The lowest BCUT2D eigenvalue weighted by atomic mass is 10.1. The van der Waals surface area contributed by atoms with Crippen molar-refractivity contribution in [2.75, 3.05) is 39.9 Å². The van der Waals surface area contributed by atoms with Crippen LogP contribution in [0.3, 0.4) is 0 Å². The van der Waals surface area contributed by atoms with Gasteiger partial charge in [0.05, 0.1) is 19.1 Å². The molecule has 2 aliphatic heterocycles. The molecule has 2 fully saturated rings. The number of piperidine rings is 1. The van der Waals surface area contributed by atoms with E-state index >= 15 is 0 Å². The Hall–Kier alpha value is -2.12. The van der Waals surface area contributed by atoms with Gasteiger partial charge in [0.2, 0.25) is 5.91 Å². The lowest BCUT2D eigenvalue weighted by molar-refractivity contribution is -0.133. The zero-order valence-electron chi connectivity index (χ0n) is 15.8. The first-order chi connectivity index (χ1) is 13.1.